The van der Waals surface area contributed by atoms with Crippen LogP contribution in [0.15, 0.2) is 0 Å². The molecular formula is C2F3LiO2S. The third kappa shape index (κ3) is 4.69. The molecule has 1 atom stereocenters. The topological polar surface area (TPSA) is 34.1 Å². The molecule has 9 heavy (non-hydrogen) atoms. The van der Waals surface area contributed by atoms with Crippen molar-refractivity contribution in [2.75, 3.05) is 0 Å². The smallest absolute Gasteiger partial charge is 0.528 e. The molecule has 1 unspecified atom stereocenters. The van der Waals surface area contributed by atoms with Gasteiger partial charge in [-0.15, -0.1) is 0 Å². The Balaban J connectivity index is 0. The van der Waals surface area contributed by atoms with Crippen molar-refractivity contribution in [2.45, 2.75) is 5.51 Å². The maximum Gasteiger partial charge on any atom is 1.00 e. The Morgan fingerprint density at radius 1 is 1.33 bits per heavy atom. The van der Waals surface area contributed by atoms with E-state index in [1.807, 2.05) is 0 Å². The third-order valence-corrected chi connectivity index (χ3v) is 0.858. The van der Waals surface area contributed by atoms with Gasteiger partial charge in [0.05, 0.1) is 0 Å². The van der Waals surface area contributed by atoms with Crippen molar-refractivity contribution in [1.82, 2.24) is 0 Å². The molecule has 48 valence electrons. The number of rotatable bonds is 1. The number of hydrogen-bond acceptors (Lipinski definition) is 2. The van der Waals surface area contributed by atoms with Crippen LogP contribution in [0.5, 0.6) is 0 Å². The van der Waals surface area contributed by atoms with E-state index in [2.05, 4.69) is 0 Å². The van der Waals surface area contributed by atoms with Gasteiger partial charge in [0.25, 0.3) is 0 Å². The van der Waals surface area contributed by atoms with Crippen LogP contribution in [0.25, 0.3) is 0 Å². The van der Waals surface area contributed by atoms with Crippen LogP contribution in [0.1, 0.15) is 0 Å². The summed E-state index contributed by atoms with van der Waals surface area (Å²) in [5.41, 5.74) is -4.64. The molecule has 0 aliphatic rings. The number of carbonyl (C=O) groups excluding carboxylic acids is 1. The molecule has 0 saturated carbocycles. The molecule has 0 spiro atoms. The van der Waals surface area contributed by atoms with Gasteiger partial charge in [-0.1, -0.05) is 0 Å². The van der Waals surface area contributed by atoms with Gasteiger partial charge in [0.15, 0.2) is 0 Å². The minimum absolute atomic E-state index is 0. The molecule has 0 fully saturated rings. The predicted octanol–water partition coefficient (Wildman–Crippen LogP) is -2.67. The number of alkyl halides is 3. The van der Waals surface area contributed by atoms with Gasteiger partial charge in [0.1, 0.15) is 0 Å². The Bertz CT molecular complexity index is 121. The van der Waals surface area contributed by atoms with Gasteiger partial charge < -0.3 is 4.79 Å². The van der Waals surface area contributed by atoms with Gasteiger partial charge >= 0.3 is 24.4 Å². The molecule has 0 aromatic rings. The van der Waals surface area contributed by atoms with E-state index in [0.29, 0.717) is 5.62 Å². The van der Waals surface area contributed by atoms with Crippen molar-refractivity contribution in [2.24, 2.45) is 0 Å². The summed E-state index contributed by atoms with van der Waals surface area (Å²) in [6.45, 7) is 0. The molecule has 0 aliphatic carbocycles. The first-order valence-corrected chi connectivity index (χ1v) is 2.50. The van der Waals surface area contributed by atoms with Gasteiger partial charge in [-0.05, 0) is 0 Å². The summed E-state index contributed by atoms with van der Waals surface area (Å²) in [6.07, 6.45) is 0. The van der Waals surface area contributed by atoms with Crippen LogP contribution in [0.3, 0.4) is 0 Å². The summed E-state index contributed by atoms with van der Waals surface area (Å²) in [5, 5.41) is 0. The van der Waals surface area contributed by atoms with Gasteiger partial charge in [0, 0.05) is 10.8 Å². The Hall–Kier alpha value is 0.207. The standard InChI is InChI=1S/C2F3O2S.Li/c3-2(4,5)8(7)1-6;/q-1;+1. The second-order valence-electron chi connectivity index (χ2n) is 0.798. The van der Waals surface area contributed by atoms with E-state index in [9.17, 15) is 17.4 Å². The van der Waals surface area contributed by atoms with Gasteiger partial charge in [0.2, 0.25) is 0 Å². The molecule has 0 amide bonds. The van der Waals surface area contributed by atoms with E-state index < -0.39 is 16.3 Å². The SMILES string of the molecule is O=[C-]S(=O)C(F)(F)F.[Li+]. The Labute approximate surface area is 63.4 Å². The molecule has 2 nitrogen and oxygen atoms in total. The van der Waals surface area contributed by atoms with E-state index in [1.54, 1.807) is 0 Å². The van der Waals surface area contributed by atoms with Crippen molar-refractivity contribution in [3.63, 3.8) is 0 Å². The molecule has 0 bridgehead atoms. The molecule has 0 rings (SSSR count). The van der Waals surface area contributed by atoms with Gasteiger partial charge in [-0.2, -0.15) is 18.8 Å². The molecule has 0 saturated heterocycles. The quantitative estimate of drug-likeness (QED) is 0.303. The number of halogens is 3. The summed E-state index contributed by atoms with van der Waals surface area (Å²) >= 11 is 0. The van der Waals surface area contributed by atoms with E-state index in [-0.39, 0.29) is 18.9 Å². The molecule has 0 aromatic carbocycles. The Kier molecular flexibility index (Phi) is 5.43. The number of hydrogen-bond donors (Lipinski definition) is 0. The van der Waals surface area contributed by atoms with Gasteiger partial charge in [-0.3, -0.25) is 4.21 Å². The summed E-state index contributed by atoms with van der Waals surface area (Å²) in [6, 6.07) is 0. The molecular weight excluding hydrogens is 152 g/mol. The Morgan fingerprint density at radius 2 is 1.67 bits per heavy atom. The second-order valence-corrected chi connectivity index (χ2v) is 1.96. The Morgan fingerprint density at radius 3 is 1.67 bits per heavy atom. The van der Waals surface area contributed by atoms with E-state index in [4.69, 9.17) is 4.79 Å². The maximum atomic E-state index is 10.9. The largest absolute Gasteiger partial charge is 1.00 e. The van der Waals surface area contributed by atoms with Crippen molar-refractivity contribution < 1.29 is 41.0 Å². The predicted molar refractivity (Wildman–Crippen MR) is 19.9 cm³/mol. The van der Waals surface area contributed by atoms with Crippen LogP contribution >= 0.6 is 0 Å². The zero-order valence-corrected chi connectivity index (χ0v) is 5.18. The van der Waals surface area contributed by atoms with E-state index >= 15 is 0 Å². The zero-order chi connectivity index (χ0) is 6.78. The minimum atomic E-state index is -4.94. The van der Waals surface area contributed by atoms with Crippen LogP contribution in [-0.2, 0) is 15.6 Å². The first kappa shape index (κ1) is 11.9. The zero-order valence-electron chi connectivity index (χ0n) is 4.36. The third-order valence-electron chi connectivity index (χ3n) is 0.286. The summed E-state index contributed by atoms with van der Waals surface area (Å²) in [7, 11) is -3.45. The van der Waals surface area contributed by atoms with Crippen LogP contribution in [0, 0.1) is 0 Å². The summed E-state index contributed by atoms with van der Waals surface area (Å²) in [4.78, 5) is 9.01. The van der Waals surface area contributed by atoms with Gasteiger partial charge in [-0.25, -0.2) is 0 Å². The van der Waals surface area contributed by atoms with Crippen LogP contribution in [0.4, 0.5) is 13.2 Å². The molecule has 0 heterocycles. The van der Waals surface area contributed by atoms with Crippen molar-refractivity contribution in [1.29, 1.82) is 0 Å². The monoisotopic (exact) mass is 152 g/mol. The minimum Gasteiger partial charge on any atom is -0.528 e. The molecule has 0 aromatic heterocycles. The maximum absolute atomic E-state index is 10.9. The average molecular weight is 152 g/mol. The summed E-state index contributed by atoms with van der Waals surface area (Å²) < 4.78 is 42.1. The van der Waals surface area contributed by atoms with Crippen LogP contribution in [0.2, 0.25) is 0 Å². The van der Waals surface area contributed by atoms with E-state index in [0.717, 1.165) is 0 Å². The first-order valence-electron chi connectivity index (χ1n) is 1.35. The van der Waals surface area contributed by atoms with Crippen LogP contribution in [-0.4, -0.2) is 15.3 Å². The van der Waals surface area contributed by atoms with Crippen molar-refractivity contribution in [3.05, 3.63) is 0 Å². The fourth-order valence-electron chi connectivity index (χ4n) is 0.0472. The van der Waals surface area contributed by atoms with Crippen molar-refractivity contribution in [3.8, 4) is 0 Å². The molecule has 0 aliphatic heterocycles. The average Bonchev–Trinajstić information content (AvgIpc) is 1.62. The normalized spacial score (nSPS) is 13.7. The van der Waals surface area contributed by atoms with Crippen LogP contribution < -0.4 is 18.9 Å². The molecule has 0 radical (unpaired) electrons. The second kappa shape index (κ2) is 4.09. The summed E-state index contributed by atoms with van der Waals surface area (Å²) in [5.74, 6) is 0. The fraction of sp³-hybridized carbons (Fsp3) is 0.500. The molecule has 0 N–H and O–H groups in total. The van der Waals surface area contributed by atoms with E-state index in [1.165, 1.54) is 0 Å². The first-order chi connectivity index (χ1) is 3.48. The van der Waals surface area contributed by atoms with Crippen molar-refractivity contribution >= 4 is 16.4 Å². The molecule has 7 heteroatoms. The fourth-order valence-corrected chi connectivity index (χ4v) is 0.142.